The summed E-state index contributed by atoms with van der Waals surface area (Å²) in [6.45, 7) is 0.659. The first kappa shape index (κ1) is 10.6. The van der Waals surface area contributed by atoms with Crippen LogP contribution in [0.5, 0.6) is 5.75 Å². The number of para-hydroxylation sites is 1. The lowest BCUT2D eigenvalue weighted by Crippen LogP contribution is -2.41. The van der Waals surface area contributed by atoms with Crippen molar-refractivity contribution >= 4 is 5.84 Å². The van der Waals surface area contributed by atoms with Gasteiger partial charge in [0.25, 0.3) is 0 Å². The van der Waals surface area contributed by atoms with Crippen molar-refractivity contribution in [2.45, 2.75) is 25.3 Å². The normalized spacial score (nSPS) is 23.8. The van der Waals surface area contributed by atoms with E-state index in [2.05, 4.69) is 16.5 Å². The highest BCUT2D eigenvalue weighted by atomic mass is 16.5. The molecule has 0 saturated heterocycles. The highest BCUT2D eigenvalue weighted by molar-refractivity contribution is 5.85. The minimum atomic E-state index is 0.260. The molecule has 0 bridgehead atoms. The number of amidine groups is 1. The Balaban J connectivity index is 1.78. The van der Waals surface area contributed by atoms with Gasteiger partial charge in [-0.3, -0.25) is 4.99 Å². The van der Waals surface area contributed by atoms with Crippen molar-refractivity contribution in [3.05, 3.63) is 29.8 Å². The van der Waals surface area contributed by atoms with Gasteiger partial charge in [0.05, 0.1) is 18.6 Å². The van der Waals surface area contributed by atoms with Crippen LogP contribution >= 0.6 is 0 Å². The van der Waals surface area contributed by atoms with Crippen molar-refractivity contribution in [3.8, 4) is 5.75 Å². The Labute approximate surface area is 101 Å². The number of nitrogens with zero attached hydrogens (tertiary/aromatic N) is 1. The van der Waals surface area contributed by atoms with Crippen LogP contribution in [0.1, 0.15) is 18.4 Å². The lowest BCUT2D eigenvalue weighted by Gasteiger charge is -2.26. The lowest BCUT2D eigenvalue weighted by atomic mass is 9.96. The van der Waals surface area contributed by atoms with Crippen molar-refractivity contribution in [3.63, 3.8) is 0 Å². The summed E-state index contributed by atoms with van der Waals surface area (Å²) < 4.78 is 5.74. The van der Waals surface area contributed by atoms with Gasteiger partial charge in [-0.25, -0.2) is 5.84 Å². The Kier molecular flexibility index (Phi) is 2.73. The maximum absolute atomic E-state index is 5.74. The molecule has 0 spiro atoms. The quantitative estimate of drug-likeness (QED) is 0.349. The van der Waals surface area contributed by atoms with Crippen LogP contribution in [0, 0.1) is 5.92 Å². The molecule has 1 saturated carbocycles. The van der Waals surface area contributed by atoms with Crippen LogP contribution in [-0.4, -0.2) is 18.5 Å². The molecule has 0 amide bonds. The molecular weight excluding hydrogens is 214 g/mol. The van der Waals surface area contributed by atoms with Gasteiger partial charge in [0.15, 0.2) is 0 Å². The largest absolute Gasteiger partial charge is 0.493 e. The standard InChI is InChI=1S/C13H17N3O/c14-16-13(15-11-5-6-11)10-7-9-3-1-2-4-12(9)17-8-10/h1-4,10-11H,5-8,14H2,(H,15,16). The van der Waals surface area contributed by atoms with E-state index >= 15 is 0 Å². The van der Waals surface area contributed by atoms with E-state index in [1.165, 1.54) is 18.4 Å². The van der Waals surface area contributed by atoms with Crippen LogP contribution in [0.4, 0.5) is 0 Å². The number of hydrogen-bond acceptors (Lipinski definition) is 3. The fourth-order valence-electron chi connectivity index (χ4n) is 2.16. The molecule has 1 aliphatic heterocycles. The zero-order valence-electron chi connectivity index (χ0n) is 9.73. The van der Waals surface area contributed by atoms with Gasteiger partial charge in [0, 0.05) is 0 Å². The number of aliphatic imine (C=N–C) groups is 1. The minimum Gasteiger partial charge on any atom is -0.493 e. The number of hydrazine groups is 1. The van der Waals surface area contributed by atoms with Gasteiger partial charge in [-0.1, -0.05) is 18.2 Å². The minimum absolute atomic E-state index is 0.260. The Morgan fingerprint density at radius 1 is 1.35 bits per heavy atom. The van der Waals surface area contributed by atoms with E-state index in [0.717, 1.165) is 18.0 Å². The molecule has 90 valence electrons. The first-order valence-corrected chi connectivity index (χ1v) is 6.12. The molecule has 1 atom stereocenters. The highest BCUT2D eigenvalue weighted by Crippen LogP contribution is 2.29. The molecular formula is C13H17N3O. The van der Waals surface area contributed by atoms with Crippen molar-refractivity contribution in [2.75, 3.05) is 6.61 Å². The summed E-state index contributed by atoms with van der Waals surface area (Å²) in [4.78, 5) is 4.60. The molecule has 0 radical (unpaired) electrons. The summed E-state index contributed by atoms with van der Waals surface area (Å²) in [6.07, 6.45) is 3.33. The molecule has 1 aliphatic carbocycles. The van der Waals surface area contributed by atoms with Gasteiger partial charge in [-0.15, -0.1) is 0 Å². The average Bonchev–Trinajstić information content (AvgIpc) is 3.19. The topological polar surface area (TPSA) is 59.6 Å². The highest BCUT2D eigenvalue weighted by Gasteiger charge is 2.27. The lowest BCUT2D eigenvalue weighted by molar-refractivity contribution is 0.256. The second-order valence-corrected chi connectivity index (χ2v) is 4.71. The first-order chi connectivity index (χ1) is 8.36. The summed E-state index contributed by atoms with van der Waals surface area (Å²) >= 11 is 0. The second-order valence-electron chi connectivity index (χ2n) is 4.71. The molecule has 2 aliphatic rings. The van der Waals surface area contributed by atoms with Crippen molar-refractivity contribution in [1.29, 1.82) is 0 Å². The Morgan fingerprint density at radius 2 is 2.18 bits per heavy atom. The molecule has 1 fully saturated rings. The number of nitrogens with one attached hydrogen (secondary N) is 1. The number of hydrogen-bond donors (Lipinski definition) is 2. The van der Waals surface area contributed by atoms with E-state index in [-0.39, 0.29) is 5.92 Å². The van der Waals surface area contributed by atoms with E-state index in [4.69, 9.17) is 10.6 Å². The number of ether oxygens (including phenoxy) is 1. The van der Waals surface area contributed by atoms with Crippen LogP contribution in [0.2, 0.25) is 0 Å². The van der Waals surface area contributed by atoms with Gasteiger partial charge in [-0.05, 0) is 30.9 Å². The molecule has 1 aromatic carbocycles. The third-order valence-corrected chi connectivity index (χ3v) is 3.28. The molecule has 17 heavy (non-hydrogen) atoms. The van der Waals surface area contributed by atoms with Crippen molar-refractivity contribution in [1.82, 2.24) is 5.43 Å². The number of fused-ring (bicyclic) bond motifs is 1. The van der Waals surface area contributed by atoms with Gasteiger partial charge in [0.2, 0.25) is 0 Å². The van der Waals surface area contributed by atoms with E-state index in [0.29, 0.717) is 12.6 Å². The molecule has 1 heterocycles. The predicted octanol–water partition coefficient (Wildman–Crippen LogP) is 1.26. The van der Waals surface area contributed by atoms with Crippen molar-refractivity contribution < 1.29 is 4.74 Å². The summed E-state index contributed by atoms with van der Waals surface area (Å²) in [6, 6.07) is 8.64. The van der Waals surface area contributed by atoms with E-state index in [1.54, 1.807) is 0 Å². The maximum atomic E-state index is 5.74. The molecule has 4 heteroatoms. The third-order valence-electron chi connectivity index (χ3n) is 3.28. The van der Waals surface area contributed by atoms with Crippen LogP contribution < -0.4 is 16.0 Å². The van der Waals surface area contributed by atoms with E-state index in [9.17, 15) is 0 Å². The summed E-state index contributed by atoms with van der Waals surface area (Å²) in [7, 11) is 0. The number of rotatable bonds is 2. The fraction of sp³-hybridized carbons (Fsp3) is 0.462. The number of benzene rings is 1. The van der Waals surface area contributed by atoms with Gasteiger partial charge in [-0.2, -0.15) is 0 Å². The third kappa shape index (κ3) is 2.26. The zero-order valence-corrected chi connectivity index (χ0v) is 9.73. The Hall–Kier alpha value is -1.55. The second kappa shape index (κ2) is 4.37. The maximum Gasteiger partial charge on any atom is 0.122 e. The first-order valence-electron chi connectivity index (χ1n) is 6.12. The van der Waals surface area contributed by atoms with Crippen LogP contribution in [0.25, 0.3) is 0 Å². The van der Waals surface area contributed by atoms with Crippen LogP contribution in [0.15, 0.2) is 29.3 Å². The molecule has 1 unspecified atom stereocenters. The fourth-order valence-corrected chi connectivity index (χ4v) is 2.16. The SMILES string of the molecule is NNC(=NC1CC1)C1COc2ccccc2C1. The average molecular weight is 231 g/mol. The molecule has 1 aromatic rings. The van der Waals surface area contributed by atoms with E-state index < -0.39 is 0 Å². The summed E-state index contributed by atoms with van der Waals surface area (Å²) in [5, 5.41) is 0. The van der Waals surface area contributed by atoms with Gasteiger partial charge >= 0.3 is 0 Å². The molecule has 4 nitrogen and oxygen atoms in total. The smallest absolute Gasteiger partial charge is 0.122 e. The van der Waals surface area contributed by atoms with Gasteiger partial charge < -0.3 is 10.2 Å². The Bertz CT molecular complexity index is 440. The zero-order chi connectivity index (χ0) is 11.7. The van der Waals surface area contributed by atoms with Crippen LogP contribution in [0.3, 0.4) is 0 Å². The monoisotopic (exact) mass is 231 g/mol. The van der Waals surface area contributed by atoms with E-state index in [1.807, 2.05) is 18.2 Å². The van der Waals surface area contributed by atoms with Gasteiger partial charge in [0.1, 0.15) is 11.6 Å². The molecule has 3 rings (SSSR count). The number of nitrogens with two attached hydrogens (primary N) is 1. The summed E-state index contributed by atoms with van der Waals surface area (Å²) in [5.74, 6) is 7.71. The molecule has 0 aromatic heterocycles. The summed E-state index contributed by atoms with van der Waals surface area (Å²) in [5.41, 5.74) is 3.98. The van der Waals surface area contributed by atoms with Crippen molar-refractivity contribution in [2.24, 2.45) is 16.8 Å². The van der Waals surface area contributed by atoms with Crippen LogP contribution in [-0.2, 0) is 6.42 Å². The Morgan fingerprint density at radius 3 is 2.94 bits per heavy atom. The molecule has 3 N–H and O–H groups in total. The predicted molar refractivity (Wildman–Crippen MR) is 66.9 cm³/mol.